The number of carbonyl (C=O) groups is 2. The molecule has 7 heteroatoms. The van der Waals surface area contributed by atoms with Crippen LogP contribution in [0.4, 0.5) is 11.4 Å². The summed E-state index contributed by atoms with van der Waals surface area (Å²) >= 11 is 3.05. The molecule has 1 N–H and O–H groups in total. The number of non-ortho nitro benzene ring substituents is 1. The van der Waals surface area contributed by atoms with Gasteiger partial charge in [0.2, 0.25) is 0 Å². The number of ketones is 1. The van der Waals surface area contributed by atoms with Crippen molar-refractivity contribution in [3.63, 3.8) is 0 Å². The number of rotatable bonds is 1. The Morgan fingerprint density at radius 2 is 2.00 bits per heavy atom. The maximum absolute atomic E-state index is 11.3. The van der Waals surface area contributed by atoms with Gasteiger partial charge < -0.3 is 5.32 Å². The van der Waals surface area contributed by atoms with Crippen LogP contribution in [0.5, 0.6) is 0 Å². The van der Waals surface area contributed by atoms with Gasteiger partial charge in [-0.1, -0.05) is 0 Å². The molecule has 15 heavy (non-hydrogen) atoms. The molecule has 0 radical (unpaired) electrons. The standard InChI is InChI=1S/C8H3BrN2O4/c9-5-2-3(11(14)15)1-4-6(5)10-8(13)7(4)12/h1-2H,(H,10,12,13). The summed E-state index contributed by atoms with van der Waals surface area (Å²) in [7, 11) is 0. The average molecular weight is 271 g/mol. The van der Waals surface area contributed by atoms with Crippen LogP contribution < -0.4 is 5.32 Å². The van der Waals surface area contributed by atoms with Crippen LogP contribution >= 0.6 is 15.9 Å². The molecule has 76 valence electrons. The van der Waals surface area contributed by atoms with Crippen molar-refractivity contribution in [2.45, 2.75) is 0 Å². The molecule has 6 nitrogen and oxygen atoms in total. The Labute approximate surface area is 91.5 Å². The molecule has 0 aliphatic carbocycles. The fraction of sp³-hybridized carbons (Fsp3) is 0. The highest BCUT2D eigenvalue weighted by atomic mass is 79.9. The molecule has 1 heterocycles. The van der Waals surface area contributed by atoms with E-state index in [1.165, 1.54) is 6.07 Å². The third kappa shape index (κ3) is 1.40. The molecule has 0 aromatic heterocycles. The molecule has 1 aromatic carbocycles. The SMILES string of the molecule is O=C1Nc2c(Br)cc([N+](=O)[O-])cc2C1=O. The van der Waals surface area contributed by atoms with E-state index >= 15 is 0 Å². The second-order valence-electron chi connectivity index (χ2n) is 2.89. The topological polar surface area (TPSA) is 89.3 Å². The zero-order valence-electron chi connectivity index (χ0n) is 7.11. The Bertz CT molecular complexity index is 512. The summed E-state index contributed by atoms with van der Waals surface area (Å²) in [4.78, 5) is 32.2. The third-order valence-electron chi connectivity index (χ3n) is 1.98. The molecule has 1 aliphatic heterocycles. The van der Waals surface area contributed by atoms with Gasteiger partial charge in [0.1, 0.15) is 0 Å². The zero-order valence-corrected chi connectivity index (χ0v) is 8.70. The number of fused-ring (bicyclic) bond motifs is 1. The Kier molecular flexibility index (Phi) is 2.04. The van der Waals surface area contributed by atoms with E-state index in [9.17, 15) is 19.7 Å². The molecule has 2 rings (SSSR count). The zero-order chi connectivity index (χ0) is 11.2. The molecule has 0 unspecified atom stereocenters. The molecule has 0 fully saturated rings. The quantitative estimate of drug-likeness (QED) is 0.476. The lowest BCUT2D eigenvalue weighted by Gasteiger charge is -2.00. The highest BCUT2D eigenvalue weighted by Gasteiger charge is 2.31. The minimum atomic E-state index is -0.772. The first-order chi connectivity index (χ1) is 7.00. The van der Waals surface area contributed by atoms with Crippen molar-refractivity contribution in [3.05, 3.63) is 32.3 Å². The summed E-state index contributed by atoms with van der Waals surface area (Å²) in [6.45, 7) is 0. The lowest BCUT2D eigenvalue weighted by atomic mass is 10.1. The van der Waals surface area contributed by atoms with Crippen molar-refractivity contribution in [2.75, 3.05) is 5.32 Å². The molecule has 0 spiro atoms. The van der Waals surface area contributed by atoms with Crippen molar-refractivity contribution in [3.8, 4) is 0 Å². The predicted octanol–water partition coefficient (Wildman–Crippen LogP) is 1.49. The van der Waals surface area contributed by atoms with Crippen LogP contribution in [0.25, 0.3) is 0 Å². The molecular weight excluding hydrogens is 268 g/mol. The lowest BCUT2D eigenvalue weighted by molar-refractivity contribution is -0.384. The molecule has 0 atom stereocenters. The fourth-order valence-corrected chi connectivity index (χ4v) is 1.84. The number of nitro benzene ring substituents is 1. The first kappa shape index (κ1) is 9.78. The number of hydrogen-bond acceptors (Lipinski definition) is 4. The van der Waals surface area contributed by atoms with E-state index in [0.29, 0.717) is 4.47 Å². The third-order valence-corrected chi connectivity index (χ3v) is 2.60. The van der Waals surface area contributed by atoms with Crippen LogP contribution in [0.2, 0.25) is 0 Å². The van der Waals surface area contributed by atoms with Crippen molar-refractivity contribution in [2.24, 2.45) is 0 Å². The molecule has 1 aromatic rings. The van der Waals surface area contributed by atoms with Crippen molar-refractivity contribution in [1.29, 1.82) is 0 Å². The van der Waals surface area contributed by atoms with Gasteiger partial charge in [0.15, 0.2) is 0 Å². The van der Waals surface area contributed by atoms with E-state index in [4.69, 9.17) is 0 Å². The van der Waals surface area contributed by atoms with Crippen LogP contribution in [0, 0.1) is 10.1 Å². The Balaban J connectivity index is 2.67. The summed E-state index contributed by atoms with van der Waals surface area (Å²) in [5.74, 6) is -1.53. The summed E-state index contributed by atoms with van der Waals surface area (Å²) < 4.78 is 0.325. The highest BCUT2D eigenvalue weighted by Crippen LogP contribution is 2.35. The van der Waals surface area contributed by atoms with Gasteiger partial charge in [-0.3, -0.25) is 19.7 Å². The van der Waals surface area contributed by atoms with Gasteiger partial charge in [0.05, 0.1) is 16.2 Å². The first-order valence-corrected chi connectivity index (χ1v) is 4.63. The number of carbonyl (C=O) groups excluding carboxylic acids is 2. The molecule has 0 saturated carbocycles. The number of nitrogens with one attached hydrogen (secondary N) is 1. The van der Waals surface area contributed by atoms with Crippen LogP contribution in [0.3, 0.4) is 0 Å². The normalized spacial score (nSPS) is 13.7. The number of nitro groups is 1. The molecule has 1 amide bonds. The summed E-state index contributed by atoms with van der Waals surface area (Å²) in [5.41, 5.74) is 0.0853. The van der Waals surface area contributed by atoms with Gasteiger partial charge in [0.25, 0.3) is 17.4 Å². The smallest absolute Gasteiger partial charge is 0.296 e. The maximum atomic E-state index is 11.3. The largest absolute Gasteiger partial charge is 0.317 e. The van der Waals surface area contributed by atoms with Crippen molar-refractivity contribution in [1.82, 2.24) is 0 Å². The molecule has 0 saturated heterocycles. The molecular formula is C8H3BrN2O4. The monoisotopic (exact) mass is 270 g/mol. The highest BCUT2D eigenvalue weighted by molar-refractivity contribution is 9.10. The lowest BCUT2D eigenvalue weighted by Crippen LogP contribution is -2.12. The van der Waals surface area contributed by atoms with Gasteiger partial charge >= 0.3 is 0 Å². The molecule has 1 aliphatic rings. The summed E-state index contributed by atoms with van der Waals surface area (Å²) in [6.07, 6.45) is 0. The van der Waals surface area contributed by atoms with E-state index in [1.807, 2.05) is 0 Å². The summed E-state index contributed by atoms with van der Waals surface area (Å²) in [5, 5.41) is 12.8. The number of Topliss-reactive ketones (excluding diaryl/α,β-unsaturated/α-hetero) is 1. The van der Waals surface area contributed by atoms with Crippen LogP contribution in [-0.2, 0) is 4.79 Å². The minimum absolute atomic E-state index is 0.0288. The van der Waals surface area contributed by atoms with Crippen LogP contribution in [0.1, 0.15) is 10.4 Å². The Morgan fingerprint density at radius 1 is 1.33 bits per heavy atom. The van der Waals surface area contributed by atoms with Gasteiger partial charge in [-0.15, -0.1) is 0 Å². The van der Waals surface area contributed by atoms with E-state index in [1.54, 1.807) is 0 Å². The fourth-order valence-electron chi connectivity index (χ4n) is 1.30. The summed E-state index contributed by atoms with van der Waals surface area (Å²) in [6, 6.07) is 2.32. The van der Waals surface area contributed by atoms with Crippen LogP contribution in [-0.4, -0.2) is 16.6 Å². The van der Waals surface area contributed by atoms with E-state index in [-0.39, 0.29) is 16.9 Å². The van der Waals surface area contributed by atoms with E-state index < -0.39 is 16.6 Å². The van der Waals surface area contributed by atoms with Gasteiger partial charge in [-0.25, -0.2) is 0 Å². The second kappa shape index (κ2) is 3.13. The maximum Gasteiger partial charge on any atom is 0.296 e. The number of benzene rings is 1. The van der Waals surface area contributed by atoms with Gasteiger partial charge in [-0.05, 0) is 15.9 Å². The van der Waals surface area contributed by atoms with Crippen LogP contribution in [0.15, 0.2) is 16.6 Å². The van der Waals surface area contributed by atoms with Crippen molar-refractivity contribution < 1.29 is 14.5 Å². The van der Waals surface area contributed by atoms with E-state index in [0.717, 1.165) is 6.07 Å². The van der Waals surface area contributed by atoms with Crippen molar-refractivity contribution >= 4 is 39.0 Å². The molecule has 0 bridgehead atoms. The number of nitrogens with zero attached hydrogens (tertiary/aromatic N) is 1. The first-order valence-electron chi connectivity index (χ1n) is 3.84. The van der Waals surface area contributed by atoms with E-state index in [2.05, 4.69) is 21.2 Å². The average Bonchev–Trinajstić information content (AvgIpc) is 2.45. The number of hydrogen-bond donors (Lipinski definition) is 1. The minimum Gasteiger partial charge on any atom is -0.317 e. The number of halogens is 1. The number of anilines is 1. The predicted molar refractivity (Wildman–Crippen MR) is 53.8 cm³/mol. The van der Waals surface area contributed by atoms with Gasteiger partial charge in [-0.2, -0.15) is 0 Å². The number of amides is 1. The Morgan fingerprint density at radius 3 is 2.60 bits per heavy atom. The Hall–Kier alpha value is -1.76. The second-order valence-corrected chi connectivity index (χ2v) is 3.74. The van der Waals surface area contributed by atoms with Gasteiger partial charge in [0, 0.05) is 16.6 Å².